The van der Waals surface area contributed by atoms with Crippen LogP contribution in [0.1, 0.15) is 0 Å². The summed E-state index contributed by atoms with van der Waals surface area (Å²) in [5, 5.41) is 0. The third-order valence-electron chi connectivity index (χ3n) is 4.57. The molecule has 6 heterocycles. The molecule has 6 rings (SSSR count). The zero-order chi connectivity index (χ0) is 21.2. The minimum Gasteiger partial charge on any atom is -0.374 e. The fourth-order valence-corrected chi connectivity index (χ4v) is 48.9. The Morgan fingerprint density at radius 1 is 0.379 bits per heavy atom. The topological polar surface area (TPSA) is 111 Å². The highest BCUT2D eigenvalue weighted by Crippen LogP contribution is 2.47. The standard InChI is InChI=1S/C9H24O12Si8/c1-9-29-19-26(6)13-23(3)10-22(2)11-24(4,15-26)17-28(8,21-29)18-25(5,12-22)16-27(7,14-23)20-29/h9H,1H2,2-8H3. The van der Waals surface area contributed by atoms with Crippen molar-refractivity contribution in [1.29, 1.82) is 0 Å². The van der Waals surface area contributed by atoms with Gasteiger partial charge in [-0.25, -0.2) is 0 Å². The van der Waals surface area contributed by atoms with Gasteiger partial charge >= 0.3 is 70.4 Å². The van der Waals surface area contributed by atoms with E-state index >= 15 is 0 Å². The van der Waals surface area contributed by atoms with Crippen LogP contribution in [0.4, 0.5) is 0 Å². The summed E-state index contributed by atoms with van der Waals surface area (Å²) in [6.45, 7) is 16.0. The van der Waals surface area contributed by atoms with Crippen molar-refractivity contribution in [2.75, 3.05) is 0 Å². The summed E-state index contributed by atoms with van der Waals surface area (Å²) in [5.74, 6) is 0. The van der Waals surface area contributed by atoms with E-state index in [9.17, 15) is 0 Å². The highest BCUT2D eigenvalue weighted by atomic mass is 28.6. The summed E-state index contributed by atoms with van der Waals surface area (Å²) in [6, 6.07) is 0. The Kier molecular flexibility index (Phi) is 4.45. The van der Waals surface area contributed by atoms with Gasteiger partial charge in [0.2, 0.25) is 0 Å². The monoisotopic (exact) mass is 548 g/mol. The molecule has 0 aromatic rings. The molecule has 0 N–H and O–H groups in total. The Balaban J connectivity index is 1.80. The van der Waals surface area contributed by atoms with Gasteiger partial charge < -0.3 is 49.4 Å². The fourth-order valence-electron chi connectivity index (χ4n) is 4.43. The van der Waals surface area contributed by atoms with Gasteiger partial charge in [0.05, 0.1) is 0 Å². The normalized spacial score (nSPS) is 64.0. The van der Waals surface area contributed by atoms with Crippen LogP contribution in [-0.4, -0.2) is 70.4 Å². The van der Waals surface area contributed by atoms with Crippen LogP contribution in [0.3, 0.4) is 0 Å². The summed E-state index contributed by atoms with van der Waals surface area (Å²) in [7, 11) is -27.9. The molecule has 12 nitrogen and oxygen atoms in total. The predicted molar refractivity (Wildman–Crippen MR) is 110 cm³/mol. The number of hydrogen-bond donors (Lipinski definition) is 0. The van der Waals surface area contributed by atoms with E-state index in [1.165, 1.54) is 5.70 Å². The van der Waals surface area contributed by atoms with E-state index in [1.54, 1.807) is 45.8 Å². The Morgan fingerprint density at radius 3 is 0.724 bits per heavy atom. The van der Waals surface area contributed by atoms with Crippen LogP contribution >= 0.6 is 0 Å². The molecule has 6 fully saturated rings. The molecule has 6 aliphatic heterocycles. The Morgan fingerprint density at radius 2 is 0.552 bits per heavy atom. The van der Waals surface area contributed by atoms with Crippen molar-refractivity contribution >= 4 is 70.4 Å². The molecule has 0 aromatic heterocycles. The Labute approximate surface area is 177 Å². The van der Waals surface area contributed by atoms with Crippen LogP contribution in [0.25, 0.3) is 0 Å². The van der Waals surface area contributed by atoms with Crippen LogP contribution in [0.5, 0.6) is 0 Å². The predicted octanol–water partition coefficient (Wildman–Crippen LogP) is 0.899. The van der Waals surface area contributed by atoms with Gasteiger partial charge in [-0.3, -0.25) is 0 Å². The largest absolute Gasteiger partial charge is 0.506 e. The molecule has 0 amide bonds. The number of rotatable bonds is 1. The molecule has 20 heteroatoms. The number of hydrogen-bond acceptors (Lipinski definition) is 12. The van der Waals surface area contributed by atoms with Gasteiger partial charge in [0.25, 0.3) is 0 Å². The minimum atomic E-state index is -3.65. The van der Waals surface area contributed by atoms with Gasteiger partial charge in [-0.05, 0) is 5.70 Å². The maximum absolute atomic E-state index is 6.43. The first-order valence-electron chi connectivity index (χ1n) is 9.10. The highest BCUT2D eigenvalue weighted by molar-refractivity contribution is 7.03. The van der Waals surface area contributed by atoms with E-state index in [1.807, 2.05) is 0 Å². The third kappa shape index (κ3) is 3.66. The lowest BCUT2D eigenvalue weighted by Gasteiger charge is -2.60. The van der Waals surface area contributed by atoms with Crippen molar-refractivity contribution in [3.05, 3.63) is 12.3 Å². The van der Waals surface area contributed by atoms with Gasteiger partial charge in [0, 0.05) is 45.8 Å². The van der Waals surface area contributed by atoms with Gasteiger partial charge in [-0.15, -0.1) is 6.58 Å². The summed E-state index contributed by atoms with van der Waals surface area (Å²) in [4.78, 5) is 0. The zero-order valence-electron chi connectivity index (χ0n) is 17.2. The van der Waals surface area contributed by atoms with Crippen molar-refractivity contribution in [2.45, 2.75) is 45.8 Å². The van der Waals surface area contributed by atoms with Gasteiger partial charge in [-0.2, -0.15) is 0 Å². The molecule has 0 saturated carbocycles. The Bertz CT molecular complexity index is 671. The van der Waals surface area contributed by atoms with Crippen LogP contribution in [-0.2, 0) is 49.4 Å². The van der Waals surface area contributed by atoms with Gasteiger partial charge in [0.1, 0.15) is 0 Å². The first-order chi connectivity index (χ1) is 13.0. The summed E-state index contributed by atoms with van der Waals surface area (Å²) in [5.41, 5.74) is 1.50. The van der Waals surface area contributed by atoms with E-state index in [2.05, 4.69) is 6.58 Å². The van der Waals surface area contributed by atoms with Gasteiger partial charge in [-0.1, -0.05) is 0 Å². The minimum absolute atomic E-state index is 1.50. The van der Waals surface area contributed by atoms with Gasteiger partial charge in [0.15, 0.2) is 0 Å². The summed E-state index contributed by atoms with van der Waals surface area (Å²) in [6.07, 6.45) is 0. The Hall–Kier alpha value is 0.995. The van der Waals surface area contributed by atoms with Crippen molar-refractivity contribution in [3.8, 4) is 0 Å². The molecule has 0 aromatic carbocycles. The maximum Gasteiger partial charge on any atom is 0.506 e. The SMILES string of the molecule is C=C[Si]12O[Si]3(C)O[Si]4(C)O[Si]5(C)O[Si](C)(O3)O[Si](C)(O[Si](C)(O5)O[Si](C)(O4)O1)O2. The first kappa shape index (κ1) is 21.8. The van der Waals surface area contributed by atoms with Crippen molar-refractivity contribution in [2.24, 2.45) is 0 Å². The van der Waals surface area contributed by atoms with Crippen molar-refractivity contribution < 1.29 is 49.4 Å². The molecule has 0 aliphatic carbocycles. The fraction of sp³-hybridized carbons (Fsp3) is 0.778. The van der Waals surface area contributed by atoms with E-state index in [4.69, 9.17) is 49.4 Å². The summed E-state index contributed by atoms with van der Waals surface area (Å²) < 4.78 is 76.9. The second kappa shape index (κ2) is 5.91. The molecular weight excluding hydrogens is 525 g/mol. The van der Waals surface area contributed by atoms with E-state index in [-0.39, 0.29) is 0 Å². The van der Waals surface area contributed by atoms with Crippen molar-refractivity contribution in [3.63, 3.8) is 0 Å². The van der Waals surface area contributed by atoms with Crippen LogP contribution in [0.15, 0.2) is 12.3 Å². The molecule has 8 bridgehead atoms. The van der Waals surface area contributed by atoms with E-state index in [0.29, 0.717) is 0 Å². The second-order valence-corrected chi connectivity index (χ2v) is 31.6. The quantitative estimate of drug-likeness (QED) is 0.434. The lowest BCUT2D eigenvalue weighted by Crippen LogP contribution is -2.86. The van der Waals surface area contributed by atoms with Crippen LogP contribution in [0, 0.1) is 0 Å². The average molecular weight is 549 g/mol. The van der Waals surface area contributed by atoms with Crippen LogP contribution < -0.4 is 0 Å². The summed E-state index contributed by atoms with van der Waals surface area (Å²) >= 11 is 0. The van der Waals surface area contributed by atoms with Crippen molar-refractivity contribution in [1.82, 2.24) is 0 Å². The highest BCUT2D eigenvalue weighted by Gasteiger charge is 2.78. The second-order valence-electron chi connectivity index (χ2n) is 8.07. The zero-order valence-corrected chi connectivity index (χ0v) is 25.2. The molecule has 6 aliphatic rings. The molecule has 0 unspecified atom stereocenters. The van der Waals surface area contributed by atoms with E-state index < -0.39 is 70.4 Å². The van der Waals surface area contributed by atoms with Crippen LogP contribution in [0.2, 0.25) is 45.8 Å². The molecular formula is C9H24O12Si8. The lowest BCUT2D eigenvalue weighted by molar-refractivity contribution is -0.0160. The maximum atomic E-state index is 6.43. The smallest absolute Gasteiger partial charge is 0.374 e. The molecule has 6 saturated heterocycles. The molecule has 0 spiro atoms. The third-order valence-corrected chi connectivity index (χ3v) is 39.6. The average Bonchev–Trinajstić information content (AvgIpc) is 2.35. The molecule has 0 radical (unpaired) electrons. The van der Waals surface area contributed by atoms with E-state index in [0.717, 1.165) is 0 Å². The molecule has 164 valence electrons. The lowest BCUT2D eigenvalue weighted by atomic mass is 11.3. The molecule has 29 heavy (non-hydrogen) atoms. The molecule has 0 atom stereocenters. The first-order valence-corrected chi connectivity index (χ1v) is 26.5.